The Hall–Kier alpha value is -2.15. The second-order valence-corrected chi connectivity index (χ2v) is 4.16. The normalized spacial score (nSPS) is 10.7. The van der Waals surface area contributed by atoms with E-state index in [0.717, 1.165) is 5.56 Å². The molecule has 0 saturated carbocycles. The first-order chi connectivity index (χ1) is 8.83. The van der Waals surface area contributed by atoms with Crippen molar-refractivity contribution in [1.29, 1.82) is 0 Å². The minimum absolute atomic E-state index is 0.418. The standard InChI is InChI=1S/C11H10N6S/c18-10-6-7-12-17(10)11-13-15-16(14-11)8-9-4-2-1-3-5-9/h1-7,18H,8H2. The molecule has 0 spiro atoms. The number of aromatic nitrogens is 6. The van der Waals surface area contributed by atoms with Crippen molar-refractivity contribution < 1.29 is 0 Å². The maximum Gasteiger partial charge on any atom is 0.291 e. The maximum absolute atomic E-state index is 4.25. The van der Waals surface area contributed by atoms with Gasteiger partial charge in [0.05, 0.1) is 12.7 Å². The molecule has 6 nitrogen and oxygen atoms in total. The van der Waals surface area contributed by atoms with Crippen LogP contribution in [-0.4, -0.2) is 30.0 Å². The highest BCUT2D eigenvalue weighted by atomic mass is 32.1. The fraction of sp³-hybridized carbons (Fsp3) is 0.0909. The first kappa shape index (κ1) is 11.0. The van der Waals surface area contributed by atoms with Gasteiger partial charge in [0.1, 0.15) is 5.03 Å². The van der Waals surface area contributed by atoms with Crippen molar-refractivity contribution in [2.24, 2.45) is 0 Å². The number of nitrogens with zero attached hydrogens (tertiary/aromatic N) is 6. The molecule has 3 rings (SSSR count). The average molecular weight is 258 g/mol. The third-order valence-electron chi connectivity index (χ3n) is 2.42. The van der Waals surface area contributed by atoms with Gasteiger partial charge in [-0.3, -0.25) is 0 Å². The van der Waals surface area contributed by atoms with Crippen LogP contribution in [0.15, 0.2) is 47.6 Å². The molecule has 0 amide bonds. The summed E-state index contributed by atoms with van der Waals surface area (Å²) < 4.78 is 1.53. The zero-order chi connectivity index (χ0) is 12.4. The van der Waals surface area contributed by atoms with Crippen molar-refractivity contribution >= 4 is 12.6 Å². The summed E-state index contributed by atoms with van der Waals surface area (Å²) in [4.78, 5) is 1.53. The molecule has 0 fully saturated rings. The van der Waals surface area contributed by atoms with Gasteiger partial charge < -0.3 is 0 Å². The smallest absolute Gasteiger partial charge is 0.190 e. The molecular formula is C11H10N6S. The average Bonchev–Trinajstić information content (AvgIpc) is 2.99. The molecular weight excluding hydrogens is 248 g/mol. The third-order valence-corrected chi connectivity index (χ3v) is 2.76. The molecule has 3 aromatic rings. The van der Waals surface area contributed by atoms with E-state index in [1.807, 2.05) is 30.3 Å². The SMILES string of the molecule is Sc1ccnn1-c1nnn(Cc2ccccc2)n1. The number of rotatable bonds is 3. The lowest BCUT2D eigenvalue weighted by Crippen LogP contribution is -2.05. The first-order valence-corrected chi connectivity index (χ1v) is 5.83. The fourth-order valence-electron chi connectivity index (χ4n) is 1.58. The van der Waals surface area contributed by atoms with Crippen molar-refractivity contribution in [2.45, 2.75) is 11.6 Å². The van der Waals surface area contributed by atoms with Gasteiger partial charge in [-0.25, -0.2) is 0 Å². The van der Waals surface area contributed by atoms with Gasteiger partial charge >= 0.3 is 0 Å². The molecule has 0 atom stereocenters. The van der Waals surface area contributed by atoms with Gasteiger partial charge in [-0.15, -0.1) is 17.7 Å². The predicted molar refractivity (Wildman–Crippen MR) is 67.7 cm³/mol. The number of hydrogen-bond donors (Lipinski definition) is 1. The molecule has 0 bridgehead atoms. The zero-order valence-corrected chi connectivity index (χ0v) is 10.3. The molecule has 0 saturated heterocycles. The van der Waals surface area contributed by atoms with Crippen LogP contribution >= 0.6 is 12.6 Å². The molecule has 0 aliphatic heterocycles. The molecule has 2 aromatic heterocycles. The Labute approximate surface area is 109 Å². The molecule has 0 aliphatic rings. The van der Waals surface area contributed by atoms with Crippen LogP contribution in [0.5, 0.6) is 0 Å². The predicted octanol–water partition coefficient (Wildman–Crippen LogP) is 1.20. The van der Waals surface area contributed by atoms with Crippen molar-refractivity contribution in [3.05, 3.63) is 48.2 Å². The summed E-state index contributed by atoms with van der Waals surface area (Å²) in [6.45, 7) is 0.580. The van der Waals surface area contributed by atoms with Crippen LogP contribution in [0.25, 0.3) is 5.95 Å². The molecule has 0 N–H and O–H groups in total. The van der Waals surface area contributed by atoms with Crippen molar-refractivity contribution in [3.63, 3.8) is 0 Å². The number of benzene rings is 1. The lowest BCUT2D eigenvalue weighted by Gasteiger charge is -1.98. The van der Waals surface area contributed by atoms with E-state index >= 15 is 0 Å². The lowest BCUT2D eigenvalue weighted by molar-refractivity contribution is 0.569. The number of thiol groups is 1. The second kappa shape index (κ2) is 4.61. The minimum Gasteiger partial charge on any atom is -0.190 e. The van der Waals surface area contributed by atoms with E-state index in [-0.39, 0.29) is 0 Å². The van der Waals surface area contributed by atoms with Gasteiger partial charge in [-0.1, -0.05) is 35.4 Å². The number of tetrazole rings is 1. The zero-order valence-electron chi connectivity index (χ0n) is 9.38. The Morgan fingerprint density at radius 2 is 1.94 bits per heavy atom. The minimum atomic E-state index is 0.418. The summed E-state index contributed by atoms with van der Waals surface area (Å²) in [5.41, 5.74) is 1.12. The Morgan fingerprint density at radius 1 is 1.11 bits per heavy atom. The van der Waals surface area contributed by atoms with E-state index < -0.39 is 0 Å². The van der Waals surface area contributed by atoms with Crippen molar-refractivity contribution in [1.82, 2.24) is 30.0 Å². The highest BCUT2D eigenvalue weighted by Gasteiger charge is 2.08. The van der Waals surface area contributed by atoms with Crippen LogP contribution in [0.3, 0.4) is 0 Å². The van der Waals surface area contributed by atoms with Crippen LogP contribution in [0.4, 0.5) is 0 Å². The lowest BCUT2D eigenvalue weighted by atomic mass is 10.2. The summed E-state index contributed by atoms with van der Waals surface area (Å²) in [5, 5.41) is 16.9. The highest BCUT2D eigenvalue weighted by Crippen LogP contribution is 2.08. The summed E-state index contributed by atoms with van der Waals surface area (Å²) >= 11 is 4.25. The molecule has 90 valence electrons. The Bertz CT molecular complexity index is 644. The Kier molecular flexibility index (Phi) is 2.81. The van der Waals surface area contributed by atoms with Gasteiger partial charge in [-0.2, -0.15) is 14.6 Å². The van der Waals surface area contributed by atoms with E-state index in [1.165, 1.54) is 9.48 Å². The van der Waals surface area contributed by atoms with E-state index in [9.17, 15) is 0 Å². The van der Waals surface area contributed by atoms with Crippen LogP contribution in [0, 0.1) is 0 Å². The van der Waals surface area contributed by atoms with Crippen molar-refractivity contribution in [3.8, 4) is 5.95 Å². The molecule has 0 radical (unpaired) electrons. The highest BCUT2D eigenvalue weighted by molar-refractivity contribution is 7.80. The summed E-state index contributed by atoms with van der Waals surface area (Å²) in [7, 11) is 0. The molecule has 0 aliphatic carbocycles. The van der Waals surface area contributed by atoms with E-state index in [1.54, 1.807) is 12.3 Å². The molecule has 0 unspecified atom stereocenters. The van der Waals surface area contributed by atoms with E-state index in [4.69, 9.17) is 0 Å². The van der Waals surface area contributed by atoms with E-state index in [0.29, 0.717) is 17.5 Å². The van der Waals surface area contributed by atoms with Crippen LogP contribution in [0.1, 0.15) is 5.56 Å². The topological polar surface area (TPSA) is 61.4 Å². The summed E-state index contributed by atoms with van der Waals surface area (Å²) in [5.74, 6) is 0.418. The molecule has 1 aromatic carbocycles. The largest absolute Gasteiger partial charge is 0.291 e. The Morgan fingerprint density at radius 3 is 2.67 bits per heavy atom. The molecule has 7 heteroatoms. The summed E-state index contributed by atoms with van der Waals surface area (Å²) in [6, 6.07) is 11.7. The Balaban J connectivity index is 1.84. The quantitative estimate of drug-likeness (QED) is 0.717. The third kappa shape index (κ3) is 2.12. The van der Waals surface area contributed by atoms with Crippen LogP contribution < -0.4 is 0 Å². The van der Waals surface area contributed by atoms with Gasteiger partial charge in [-0.05, 0) is 16.8 Å². The maximum atomic E-state index is 4.25. The molecule has 2 heterocycles. The van der Waals surface area contributed by atoms with Gasteiger partial charge in [0.15, 0.2) is 0 Å². The van der Waals surface area contributed by atoms with Gasteiger partial charge in [0.2, 0.25) is 0 Å². The van der Waals surface area contributed by atoms with Crippen LogP contribution in [-0.2, 0) is 6.54 Å². The van der Waals surface area contributed by atoms with Crippen molar-refractivity contribution in [2.75, 3.05) is 0 Å². The summed E-state index contributed by atoms with van der Waals surface area (Å²) in [6.07, 6.45) is 1.64. The second-order valence-electron chi connectivity index (χ2n) is 3.71. The monoisotopic (exact) mass is 258 g/mol. The first-order valence-electron chi connectivity index (χ1n) is 5.38. The van der Waals surface area contributed by atoms with Gasteiger partial charge in [0, 0.05) is 0 Å². The van der Waals surface area contributed by atoms with Crippen LogP contribution in [0.2, 0.25) is 0 Å². The molecule has 18 heavy (non-hydrogen) atoms. The number of hydrogen-bond acceptors (Lipinski definition) is 5. The van der Waals surface area contributed by atoms with E-state index in [2.05, 4.69) is 33.1 Å². The fourth-order valence-corrected chi connectivity index (χ4v) is 1.79. The van der Waals surface area contributed by atoms with Gasteiger partial charge in [0.25, 0.3) is 5.95 Å².